The highest BCUT2D eigenvalue weighted by Crippen LogP contribution is 2.16. The first-order chi connectivity index (χ1) is 12.1. The van der Waals surface area contributed by atoms with E-state index in [4.69, 9.17) is 4.42 Å². The van der Waals surface area contributed by atoms with E-state index in [2.05, 4.69) is 5.32 Å². The van der Waals surface area contributed by atoms with Gasteiger partial charge in [-0.15, -0.1) is 0 Å². The molecule has 0 aliphatic heterocycles. The van der Waals surface area contributed by atoms with Gasteiger partial charge in [0.2, 0.25) is 0 Å². The normalized spacial score (nSPS) is 11.9. The second-order valence-electron chi connectivity index (χ2n) is 5.74. The molecule has 1 unspecified atom stereocenters. The molecule has 3 aromatic rings. The van der Waals surface area contributed by atoms with Gasteiger partial charge in [0.15, 0.2) is 5.76 Å². The molecule has 1 heterocycles. The van der Waals surface area contributed by atoms with Crippen molar-refractivity contribution in [1.82, 2.24) is 5.32 Å². The van der Waals surface area contributed by atoms with E-state index in [0.717, 1.165) is 16.0 Å². The number of hydrogen-bond donors (Lipinski definition) is 1. The number of carbonyl (C=O) groups is 1. The molecule has 0 aliphatic rings. The summed E-state index contributed by atoms with van der Waals surface area (Å²) in [5, 5.41) is 2.81. The van der Waals surface area contributed by atoms with Crippen molar-refractivity contribution >= 4 is 16.7 Å². The molecule has 1 N–H and O–H groups in total. The van der Waals surface area contributed by atoms with E-state index in [1.54, 1.807) is 12.1 Å². The minimum absolute atomic E-state index is 0.229. The highest BCUT2D eigenvalue weighted by molar-refractivity contribution is 7.84. The molecule has 128 valence electrons. The molecule has 1 aromatic heterocycles. The van der Waals surface area contributed by atoms with E-state index < -0.39 is 10.8 Å². The van der Waals surface area contributed by atoms with Crippen LogP contribution in [0.25, 0.3) is 0 Å². The van der Waals surface area contributed by atoms with E-state index in [1.165, 1.54) is 0 Å². The third-order valence-corrected chi connectivity index (χ3v) is 5.03. The molecular formula is C20H19NO3S. The van der Waals surface area contributed by atoms with E-state index >= 15 is 0 Å². The number of nitrogens with one attached hydrogen (secondary N) is 1. The van der Waals surface area contributed by atoms with Crippen molar-refractivity contribution in [2.24, 2.45) is 0 Å². The molecule has 25 heavy (non-hydrogen) atoms. The molecule has 3 rings (SSSR count). The highest BCUT2D eigenvalue weighted by Gasteiger charge is 2.13. The summed E-state index contributed by atoms with van der Waals surface area (Å²) in [5.74, 6) is 0.725. The average Bonchev–Trinajstić information content (AvgIpc) is 3.09. The highest BCUT2D eigenvalue weighted by atomic mass is 32.2. The molecule has 1 amide bonds. The van der Waals surface area contributed by atoms with Crippen LogP contribution in [0, 0.1) is 6.92 Å². The molecule has 0 aliphatic carbocycles. The summed E-state index contributed by atoms with van der Waals surface area (Å²) in [7, 11) is -1.20. The molecule has 0 radical (unpaired) electrons. The molecule has 0 saturated carbocycles. The second kappa shape index (κ2) is 7.94. The predicted molar refractivity (Wildman–Crippen MR) is 97.6 cm³/mol. The summed E-state index contributed by atoms with van der Waals surface area (Å²) in [6, 6.07) is 20.5. The zero-order chi connectivity index (χ0) is 17.6. The first-order valence-corrected chi connectivity index (χ1v) is 9.29. The Morgan fingerprint density at radius 3 is 2.60 bits per heavy atom. The van der Waals surface area contributed by atoms with Crippen LogP contribution >= 0.6 is 0 Å². The van der Waals surface area contributed by atoms with Crippen molar-refractivity contribution in [2.75, 3.05) is 0 Å². The van der Waals surface area contributed by atoms with Crippen LogP contribution in [-0.2, 0) is 23.1 Å². The van der Waals surface area contributed by atoms with Crippen molar-refractivity contribution in [3.8, 4) is 0 Å². The first kappa shape index (κ1) is 17.2. The lowest BCUT2D eigenvalue weighted by Crippen LogP contribution is -2.22. The van der Waals surface area contributed by atoms with Crippen LogP contribution in [0.4, 0.5) is 0 Å². The fourth-order valence-corrected chi connectivity index (χ4v) is 3.54. The van der Waals surface area contributed by atoms with Gasteiger partial charge in [0, 0.05) is 11.4 Å². The van der Waals surface area contributed by atoms with Gasteiger partial charge in [0.05, 0.1) is 16.6 Å². The Morgan fingerprint density at radius 2 is 1.84 bits per heavy atom. The smallest absolute Gasteiger partial charge is 0.287 e. The Labute approximate surface area is 149 Å². The minimum Gasteiger partial charge on any atom is -0.455 e. The number of aryl methyl sites for hydroxylation is 1. The molecule has 0 fully saturated rings. The maximum Gasteiger partial charge on any atom is 0.287 e. The maximum absolute atomic E-state index is 12.4. The van der Waals surface area contributed by atoms with Gasteiger partial charge in [-0.05, 0) is 42.3 Å². The number of hydrogen-bond acceptors (Lipinski definition) is 3. The van der Waals surface area contributed by atoms with Crippen molar-refractivity contribution in [3.05, 3.63) is 89.4 Å². The molecule has 0 spiro atoms. The lowest BCUT2D eigenvalue weighted by Gasteiger charge is -2.03. The Hall–Kier alpha value is -2.66. The van der Waals surface area contributed by atoms with Gasteiger partial charge < -0.3 is 9.73 Å². The van der Waals surface area contributed by atoms with Gasteiger partial charge in [-0.25, -0.2) is 0 Å². The number of benzene rings is 2. The molecule has 0 saturated heterocycles. The summed E-state index contributed by atoms with van der Waals surface area (Å²) in [6.07, 6.45) is 0. The Bertz CT molecular complexity index is 887. The fraction of sp³-hybridized carbons (Fsp3) is 0.150. The van der Waals surface area contributed by atoms with Crippen molar-refractivity contribution in [2.45, 2.75) is 24.1 Å². The van der Waals surface area contributed by atoms with Crippen LogP contribution in [0.15, 0.2) is 76.0 Å². The number of rotatable bonds is 6. The van der Waals surface area contributed by atoms with Gasteiger partial charge in [-0.1, -0.05) is 42.5 Å². The molecular weight excluding hydrogens is 334 g/mol. The van der Waals surface area contributed by atoms with Gasteiger partial charge in [-0.2, -0.15) is 0 Å². The largest absolute Gasteiger partial charge is 0.455 e. The summed E-state index contributed by atoms with van der Waals surface area (Å²) in [6.45, 7) is 2.40. The maximum atomic E-state index is 12.4. The van der Waals surface area contributed by atoms with Crippen LogP contribution in [0.2, 0.25) is 0 Å². The van der Waals surface area contributed by atoms with Gasteiger partial charge in [0.1, 0.15) is 5.76 Å². The number of furan rings is 1. The predicted octanol–water partition coefficient (Wildman–Crippen LogP) is 3.83. The van der Waals surface area contributed by atoms with Gasteiger partial charge >= 0.3 is 0 Å². The minimum atomic E-state index is -1.20. The zero-order valence-corrected chi connectivity index (χ0v) is 14.7. The summed E-state index contributed by atoms with van der Waals surface area (Å²) >= 11 is 0. The summed E-state index contributed by atoms with van der Waals surface area (Å²) < 4.78 is 18.0. The molecule has 5 heteroatoms. The molecule has 0 bridgehead atoms. The summed E-state index contributed by atoms with van der Waals surface area (Å²) in [4.78, 5) is 12.9. The number of amides is 1. The quantitative estimate of drug-likeness (QED) is 0.733. The third-order valence-electron chi connectivity index (χ3n) is 3.71. The van der Waals surface area contributed by atoms with Crippen LogP contribution in [0.5, 0.6) is 0 Å². The van der Waals surface area contributed by atoms with E-state index in [1.807, 2.05) is 61.5 Å². The van der Waals surface area contributed by atoms with Crippen molar-refractivity contribution < 1.29 is 13.4 Å². The van der Waals surface area contributed by atoms with Crippen molar-refractivity contribution in [3.63, 3.8) is 0 Å². The molecule has 2 aromatic carbocycles. The molecule has 1 atom stereocenters. The zero-order valence-electron chi connectivity index (χ0n) is 13.9. The average molecular weight is 353 g/mol. The lowest BCUT2D eigenvalue weighted by molar-refractivity contribution is 0.0921. The Kier molecular flexibility index (Phi) is 5.46. The standard InChI is InChI=1S/C20H19NO3S/c1-15-6-5-9-18(12-15)25(23)14-17-10-11-19(24-17)20(22)21-13-16-7-3-2-4-8-16/h2-12H,13-14H2,1H3,(H,21,22). The van der Waals surface area contributed by atoms with E-state index in [9.17, 15) is 9.00 Å². The van der Waals surface area contributed by atoms with Crippen LogP contribution in [0.1, 0.15) is 27.4 Å². The first-order valence-electron chi connectivity index (χ1n) is 7.98. The van der Waals surface area contributed by atoms with E-state index in [-0.39, 0.29) is 17.4 Å². The second-order valence-corrected chi connectivity index (χ2v) is 7.19. The monoisotopic (exact) mass is 353 g/mol. The number of carbonyl (C=O) groups excluding carboxylic acids is 1. The summed E-state index contributed by atoms with van der Waals surface area (Å²) in [5.41, 5.74) is 2.08. The SMILES string of the molecule is Cc1cccc(S(=O)Cc2ccc(C(=O)NCc3ccccc3)o2)c1. The molecule has 4 nitrogen and oxygen atoms in total. The Morgan fingerprint density at radius 1 is 1.04 bits per heavy atom. The van der Waals surface area contributed by atoms with E-state index in [0.29, 0.717) is 12.3 Å². The lowest BCUT2D eigenvalue weighted by atomic mass is 10.2. The third kappa shape index (κ3) is 4.67. The van der Waals surface area contributed by atoms with Crippen molar-refractivity contribution in [1.29, 1.82) is 0 Å². The fourth-order valence-electron chi connectivity index (χ4n) is 2.41. The van der Waals surface area contributed by atoms with Gasteiger partial charge in [0.25, 0.3) is 5.91 Å². The van der Waals surface area contributed by atoms with Gasteiger partial charge in [-0.3, -0.25) is 9.00 Å². The van der Waals surface area contributed by atoms with Crippen LogP contribution < -0.4 is 5.32 Å². The van der Waals surface area contributed by atoms with Crippen LogP contribution in [-0.4, -0.2) is 10.1 Å². The van der Waals surface area contributed by atoms with Crippen LogP contribution in [0.3, 0.4) is 0 Å². The Balaban J connectivity index is 1.60. The topological polar surface area (TPSA) is 59.3 Å².